The van der Waals surface area contributed by atoms with Crippen LogP contribution in [0.5, 0.6) is 0 Å². The summed E-state index contributed by atoms with van der Waals surface area (Å²) < 4.78 is 0. The fraction of sp³-hybridized carbons (Fsp3) is 0.824. The van der Waals surface area contributed by atoms with Crippen LogP contribution in [0.2, 0.25) is 0 Å². The maximum Gasteiger partial charge on any atom is -0.000348 e. The first-order chi connectivity index (χ1) is 8.25. The maximum absolute atomic E-state index is 3.71. The second kappa shape index (κ2) is 4.02. The molecule has 0 spiro atoms. The Morgan fingerprint density at radius 2 is 2.18 bits per heavy atom. The second-order valence-corrected chi connectivity index (χ2v) is 6.69. The van der Waals surface area contributed by atoms with Crippen molar-refractivity contribution in [3.05, 3.63) is 17.4 Å². The molecule has 0 N–H and O–H groups in total. The van der Waals surface area contributed by atoms with Crippen LogP contribution < -0.4 is 0 Å². The zero-order chi connectivity index (χ0) is 11.9. The molecule has 0 aromatic rings. The van der Waals surface area contributed by atoms with Gasteiger partial charge in [0.1, 0.15) is 0 Å². The minimum atomic E-state index is 0.575. The molecular weight excluding hydrogens is 204 g/mol. The van der Waals surface area contributed by atoms with Crippen LogP contribution >= 0.6 is 0 Å². The topological polar surface area (TPSA) is 0 Å². The number of hydrogen-bond donors (Lipinski definition) is 0. The standard InChI is InChI=1S/C17H26/c1-3-5-6-15-8-10-16-11-12-17(15,13-16)9-7-14(16)4-2/h9,15H,3-6,8,10-13H2,1-2H3. The fourth-order valence-electron chi connectivity index (χ4n) is 4.97. The third kappa shape index (κ3) is 1.57. The Morgan fingerprint density at radius 3 is 2.94 bits per heavy atom. The lowest BCUT2D eigenvalue weighted by molar-refractivity contribution is 0.112. The van der Waals surface area contributed by atoms with Crippen molar-refractivity contribution in [2.24, 2.45) is 16.7 Å². The van der Waals surface area contributed by atoms with Gasteiger partial charge in [-0.15, -0.1) is 5.73 Å². The van der Waals surface area contributed by atoms with Gasteiger partial charge >= 0.3 is 0 Å². The molecular formula is C17H26. The smallest absolute Gasteiger partial charge is 0.000348 e. The number of hydrogen-bond acceptors (Lipinski definition) is 0. The molecule has 3 aliphatic carbocycles. The lowest BCUT2D eigenvalue weighted by Gasteiger charge is -2.46. The van der Waals surface area contributed by atoms with Crippen LogP contribution in [0.3, 0.4) is 0 Å². The maximum atomic E-state index is 3.71. The van der Waals surface area contributed by atoms with Crippen LogP contribution in [0.25, 0.3) is 0 Å². The number of rotatable bonds is 4. The monoisotopic (exact) mass is 230 g/mol. The highest BCUT2D eigenvalue weighted by atomic mass is 14.6. The zero-order valence-corrected chi connectivity index (χ0v) is 11.5. The molecule has 0 amide bonds. The first kappa shape index (κ1) is 11.6. The van der Waals surface area contributed by atoms with Crippen LogP contribution in [0.15, 0.2) is 17.4 Å². The van der Waals surface area contributed by atoms with Crippen molar-refractivity contribution in [3.8, 4) is 0 Å². The molecule has 0 nitrogen and oxygen atoms in total. The Hall–Kier alpha value is -0.480. The van der Waals surface area contributed by atoms with Gasteiger partial charge in [-0.05, 0) is 73.3 Å². The lowest BCUT2D eigenvalue weighted by atomic mass is 9.58. The van der Waals surface area contributed by atoms with Crippen molar-refractivity contribution in [3.63, 3.8) is 0 Å². The summed E-state index contributed by atoms with van der Waals surface area (Å²) >= 11 is 0. The van der Waals surface area contributed by atoms with E-state index >= 15 is 0 Å². The molecule has 2 fully saturated rings. The molecule has 17 heavy (non-hydrogen) atoms. The number of allylic oxidation sites excluding steroid dienone is 1. The van der Waals surface area contributed by atoms with E-state index in [-0.39, 0.29) is 0 Å². The third-order valence-electron chi connectivity index (χ3n) is 5.95. The molecule has 0 heteroatoms. The van der Waals surface area contributed by atoms with Crippen molar-refractivity contribution in [2.45, 2.75) is 71.6 Å². The summed E-state index contributed by atoms with van der Waals surface area (Å²) in [5.41, 5.74) is 6.54. The van der Waals surface area contributed by atoms with Crippen molar-refractivity contribution in [2.75, 3.05) is 0 Å². The van der Waals surface area contributed by atoms with E-state index in [2.05, 4.69) is 25.7 Å². The minimum Gasteiger partial charge on any atom is -0.125 e. The number of unbranched alkanes of at least 4 members (excludes halogenated alkanes) is 1. The van der Waals surface area contributed by atoms with Gasteiger partial charge in [0.05, 0.1) is 0 Å². The van der Waals surface area contributed by atoms with E-state index in [9.17, 15) is 0 Å². The largest absolute Gasteiger partial charge is 0.125 e. The normalized spacial score (nSPS) is 42.7. The highest BCUT2D eigenvalue weighted by molar-refractivity contribution is 5.29. The fourth-order valence-corrected chi connectivity index (χ4v) is 4.97. The van der Waals surface area contributed by atoms with Gasteiger partial charge in [0, 0.05) is 0 Å². The molecule has 3 aliphatic rings. The van der Waals surface area contributed by atoms with E-state index in [1.54, 1.807) is 5.57 Å². The summed E-state index contributed by atoms with van der Waals surface area (Å²) in [5, 5.41) is 0. The Morgan fingerprint density at radius 1 is 1.29 bits per heavy atom. The zero-order valence-electron chi connectivity index (χ0n) is 11.5. The van der Waals surface area contributed by atoms with Gasteiger partial charge in [-0.2, -0.15) is 0 Å². The highest BCUT2D eigenvalue weighted by Crippen LogP contribution is 2.66. The second-order valence-electron chi connectivity index (χ2n) is 6.69. The van der Waals surface area contributed by atoms with Crippen LogP contribution in [-0.2, 0) is 0 Å². The minimum absolute atomic E-state index is 0.575. The third-order valence-corrected chi connectivity index (χ3v) is 5.95. The molecule has 3 unspecified atom stereocenters. The van der Waals surface area contributed by atoms with Crippen LogP contribution in [0, 0.1) is 16.7 Å². The van der Waals surface area contributed by atoms with Gasteiger partial charge in [0.15, 0.2) is 0 Å². The van der Waals surface area contributed by atoms with Gasteiger partial charge < -0.3 is 0 Å². The van der Waals surface area contributed by atoms with Gasteiger partial charge in [-0.25, -0.2) is 0 Å². The van der Waals surface area contributed by atoms with Gasteiger partial charge in [-0.1, -0.05) is 26.7 Å². The van der Waals surface area contributed by atoms with Crippen molar-refractivity contribution in [1.82, 2.24) is 0 Å². The summed E-state index contributed by atoms with van der Waals surface area (Å²) in [6, 6.07) is 0. The molecule has 0 aromatic carbocycles. The quantitative estimate of drug-likeness (QED) is 0.579. The summed E-state index contributed by atoms with van der Waals surface area (Å²) in [5.74, 6) is 0.976. The Balaban J connectivity index is 1.90. The van der Waals surface area contributed by atoms with Crippen molar-refractivity contribution in [1.29, 1.82) is 0 Å². The molecule has 0 aliphatic heterocycles. The average molecular weight is 230 g/mol. The average Bonchev–Trinajstić information content (AvgIpc) is 2.58. The summed E-state index contributed by atoms with van der Waals surface area (Å²) in [6.07, 6.45) is 15.3. The first-order valence-corrected chi connectivity index (χ1v) is 7.72. The van der Waals surface area contributed by atoms with E-state index in [1.807, 2.05) is 0 Å². The van der Waals surface area contributed by atoms with E-state index in [0.717, 1.165) is 5.92 Å². The highest BCUT2D eigenvalue weighted by Gasteiger charge is 2.56. The van der Waals surface area contributed by atoms with E-state index in [4.69, 9.17) is 0 Å². The van der Waals surface area contributed by atoms with E-state index in [1.165, 1.54) is 57.8 Å². The van der Waals surface area contributed by atoms with Crippen molar-refractivity contribution >= 4 is 0 Å². The lowest BCUT2D eigenvalue weighted by Crippen LogP contribution is -2.36. The van der Waals surface area contributed by atoms with Gasteiger partial charge in [0.2, 0.25) is 0 Å². The van der Waals surface area contributed by atoms with Crippen LogP contribution in [0.4, 0.5) is 0 Å². The molecule has 0 saturated heterocycles. The summed E-state index contributed by atoms with van der Waals surface area (Å²) in [4.78, 5) is 0. The van der Waals surface area contributed by atoms with Crippen LogP contribution in [-0.4, -0.2) is 0 Å². The molecule has 0 heterocycles. The van der Waals surface area contributed by atoms with Gasteiger partial charge in [-0.3, -0.25) is 0 Å². The predicted molar refractivity (Wildman–Crippen MR) is 72.9 cm³/mol. The Kier molecular flexibility index (Phi) is 2.75. The van der Waals surface area contributed by atoms with E-state index in [0.29, 0.717) is 10.8 Å². The van der Waals surface area contributed by atoms with Crippen LogP contribution in [0.1, 0.15) is 71.6 Å². The Labute approximate surface area is 106 Å². The molecule has 0 radical (unpaired) electrons. The Bertz CT molecular complexity index is 371. The molecule has 0 aromatic heterocycles. The van der Waals surface area contributed by atoms with E-state index < -0.39 is 0 Å². The summed E-state index contributed by atoms with van der Waals surface area (Å²) in [7, 11) is 0. The molecule has 94 valence electrons. The predicted octanol–water partition coefficient (Wildman–Crippen LogP) is 5.25. The molecule has 2 saturated carbocycles. The van der Waals surface area contributed by atoms with Gasteiger partial charge in [0.25, 0.3) is 0 Å². The molecule has 2 bridgehead atoms. The molecule has 3 atom stereocenters. The SMILES string of the molecule is CCCCC1CCC23CCC1(C=C=C2CC)C3. The summed E-state index contributed by atoms with van der Waals surface area (Å²) in [6.45, 7) is 4.64. The van der Waals surface area contributed by atoms with Crippen molar-refractivity contribution < 1.29 is 0 Å². The first-order valence-electron chi connectivity index (χ1n) is 7.72. The molecule has 3 rings (SSSR count).